The molecule has 0 aliphatic carbocycles. The number of aryl methyl sites for hydroxylation is 2. The first-order valence-corrected chi connectivity index (χ1v) is 7.20. The minimum Gasteiger partial charge on any atom is -0.384 e. The van der Waals surface area contributed by atoms with E-state index in [2.05, 4.69) is 23.4 Å². The molecule has 1 aromatic heterocycles. The number of aromatic nitrogens is 2. The highest BCUT2D eigenvalue weighted by Crippen LogP contribution is 2.34. The Morgan fingerprint density at radius 2 is 2.30 bits per heavy atom. The Kier molecular flexibility index (Phi) is 3.47. The molecule has 4 heteroatoms. The van der Waals surface area contributed by atoms with E-state index in [1.165, 1.54) is 5.56 Å². The molecule has 106 valence electrons. The van der Waals surface area contributed by atoms with Crippen LogP contribution < -0.4 is 5.32 Å². The van der Waals surface area contributed by atoms with Crippen LogP contribution in [0.25, 0.3) is 0 Å². The van der Waals surface area contributed by atoms with Crippen molar-refractivity contribution in [2.24, 2.45) is 7.05 Å². The molecule has 3 rings (SSSR count). The summed E-state index contributed by atoms with van der Waals surface area (Å²) in [5.74, 6) is 0. The molecule has 0 saturated heterocycles. The first-order chi connectivity index (χ1) is 9.69. The second-order valence-electron chi connectivity index (χ2n) is 5.33. The molecule has 1 aliphatic heterocycles. The number of fused-ring (bicyclic) bond motifs is 1. The van der Waals surface area contributed by atoms with Crippen molar-refractivity contribution in [1.82, 2.24) is 9.78 Å². The summed E-state index contributed by atoms with van der Waals surface area (Å²) in [6, 6.07) is 7.92. The van der Waals surface area contributed by atoms with E-state index < -0.39 is 6.17 Å². The lowest BCUT2D eigenvalue weighted by Gasteiger charge is -2.13. The van der Waals surface area contributed by atoms with Crippen LogP contribution in [0.3, 0.4) is 0 Å². The Hall–Kier alpha value is -1.84. The van der Waals surface area contributed by atoms with Crippen LogP contribution in [0.4, 0.5) is 10.1 Å². The number of hydrogen-bond donors (Lipinski definition) is 1. The van der Waals surface area contributed by atoms with Crippen LogP contribution in [0.5, 0.6) is 0 Å². The fourth-order valence-electron chi connectivity index (χ4n) is 2.86. The van der Waals surface area contributed by atoms with Gasteiger partial charge in [0.05, 0.1) is 5.69 Å². The lowest BCUT2D eigenvalue weighted by molar-refractivity contribution is 0.337. The Bertz CT molecular complexity index is 618. The fourth-order valence-corrected chi connectivity index (χ4v) is 2.86. The van der Waals surface area contributed by atoms with Gasteiger partial charge in [0.2, 0.25) is 0 Å². The van der Waals surface area contributed by atoms with Crippen molar-refractivity contribution in [3.05, 3.63) is 46.8 Å². The van der Waals surface area contributed by atoms with Gasteiger partial charge >= 0.3 is 0 Å². The maximum Gasteiger partial charge on any atom is 0.133 e. The molecular formula is C16H20FN3. The van der Waals surface area contributed by atoms with Crippen molar-refractivity contribution < 1.29 is 4.39 Å². The molecule has 3 nitrogen and oxygen atoms in total. The van der Waals surface area contributed by atoms with E-state index in [9.17, 15) is 4.39 Å². The van der Waals surface area contributed by atoms with E-state index in [1.54, 1.807) is 4.68 Å². The van der Waals surface area contributed by atoms with Crippen molar-refractivity contribution >= 4 is 5.69 Å². The van der Waals surface area contributed by atoms with Crippen LogP contribution >= 0.6 is 0 Å². The highest BCUT2D eigenvalue weighted by molar-refractivity contribution is 5.62. The zero-order valence-electron chi connectivity index (χ0n) is 12.0. The van der Waals surface area contributed by atoms with E-state index in [-0.39, 0.29) is 0 Å². The van der Waals surface area contributed by atoms with Crippen LogP contribution in [0.1, 0.15) is 35.6 Å². The molecule has 0 fully saturated rings. The molecule has 1 aromatic carbocycles. The standard InChI is InChI=1S/C16H20FN3/c1-3-12-9-13(20(2)19-12)10-15(17)14-6-4-5-11-7-8-18-16(11)14/h4-6,9,15,18H,3,7-8,10H2,1-2H3. The second kappa shape index (κ2) is 5.27. The molecule has 1 unspecified atom stereocenters. The average molecular weight is 273 g/mol. The van der Waals surface area contributed by atoms with Gasteiger partial charge in [0.25, 0.3) is 0 Å². The molecular weight excluding hydrogens is 253 g/mol. The minimum absolute atomic E-state index is 0.377. The fraction of sp³-hybridized carbons (Fsp3) is 0.438. The molecule has 1 N–H and O–H groups in total. The highest BCUT2D eigenvalue weighted by Gasteiger charge is 2.21. The SMILES string of the molecule is CCc1cc(CC(F)c2cccc3c2NCC3)n(C)n1. The molecule has 1 atom stereocenters. The molecule has 1 aliphatic rings. The monoisotopic (exact) mass is 273 g/mol. The largest absolute Gasteiger partial charge is 0.384 e. The predicted octanol–water partition coefficient (Wildman–Crippen LogP) is 3.20. The van der Waals surface area contributed by atoms with Gasteiger partial charge in [0, 0.05) is 37.0 Å². The summed E-state index contributed by atoms with van der Waals surface area (Å²) in [7, 11) is 1.88. The third-order valence-corrected chi connectivity index (χ3v) is 3.99. The number of anilines is 1. The lowest BCUT2D eigenvalue weighted by Crippen LogP contribution is -2.05. The second-order valence-corrected chi connectivity index (χ2v) is 5.33. The topological polar surface area (TPSA) is 29.9 Å². The summed E-state index contributed by atoms with van der Waals surface area (Å²) in [5, 5.41) is 7.69. The normalized spacial score (nSPS) is 14.9. The van der Waals surface area contributed by atoms with Gasteiger partial charge in [-0.05, 0) is 24.5 Å². The van der Waals surface area contributed by atoms with Gasteiger partial charge in [-0.2, -0.15) is 5.10 Å². The van der Waals surface area contributed by atoms with Gasteiger partial charge in [-0.3, -0.25) is 4.68 Å². The Morgan fingerprint density at radius 3 is 3.05 bits per heavy atom. The van der Waals surface area contributed by atoms with Crippen molar-refractivity contribution in [3.63, 3.8) is 0 Å². The van der Waals surface area contributed by atoms with Gasteiger partial charge < -0.3 is 5.32 Å². The van der Waals surface area contributed by atoms with Crippen LogP contribution in [0.15, 0.2) is 24.3 Å². The molecule has 2 aromatic rings. The van der Waals surface area contributed by atoms with E-state index in [1.807, 2.05) is 25.2 Å². The molecule has 0 bridgehead atoms. The number of hydrogen-bond acceptors (Lipinski definition) is 2. The predicted molar refractivity (Wildman–Crippen MR) is 78.8 cm³/mol. The molecule has 2 heterocycles. The first kappa shape index (κ1) is 13.2. The summed E-state index contributed by atoms with van der Waals surface area (Å²) in [5.41, 5.74) is 4.97. The van der Waals surface area contributed by atoms with Crippen molar-refractivity contribution in [1.29, 1.82) is 0 Å². The summed E-state index contributed by atoms with van der Waals surface area (Å²) < 4.78 is 16.5. The van der Waals surface area contributed by atoms with Crippen molar-refractivity contribution in [3.8, 4) is 0 Å². The highest BCUT2D eigenvalue weighted by atomic mass is 19.1. The van der Waals surface area contributed by atoms with Gasteiger partial charge in [-0.15, -0.1) is 0 Å². The summed E-state index contributed by atoms with van der Waals surface area (Å²) >= 11 is 0. The molecule has 0 saturated carbocycles. The van der Waals surface area contributed by atoms with Gasteiger partial charge in [0.1, 0.15) is 6.17 Å². The van der Waals surface area contributed by atoms with Gasteiger partial charge in [-0.25, -0.2) is 4.39 Å². The van der Waals surface area contributed by atoms with Crippen LogP contribution in [-0.4, -0.2) is 16.3 Å². The zero-order chi connectivity index (χ0) is 14.1. The summed E-state index contributed by atoms with van der Waals surface area (Å²) in [4.78, 5) is 0. The maximum atomic E-state index is 14.7. The number of rotatable bonds is 4. The van der Waals surface area contributed by atoms with Crippen molar-refractivity contribution in [2.75, 3.05) is 11.9 Å². The third-order valence-electron chi connectivity index (χ3n) is 3.99. The lowest BCUT2D eigenvalue weighted by atomic mass is 10.0. The average Bonchev–Trinajstić information content (AvgIpc) is 3.05. The summed E-state index contributed by atoms with van der Waals surface area (Å²) in [6.07, 6.45) is 1.26. The van der Waals surface area contributed by atoms with E-state index in [0.717, 1.165) is 42.0 Å². The van der Waals surface area contributed by atoms with Gasteiger partial charge in [-0.1, -0.05) is 25.1 Å². The number of alkyl halides is 1. The van der Waals surface area contributed by atoms with Crippen LogP contribution in [0, 0.1) is 0 Å². The number of nitrogens with one attached hydrogen (secondary N) is 1. The maximum absolute atomic E-state index is 14.7. The Balaban J connectivity index is 1.84. The summed E-state index contributed by atoms with van der Waals surface area (Å²) in [6.45, 7) is 2.97. The number of nitrogens with zero attached hydrogens (tertiary/aromatic N) is 2. The minimum atomic E-state index is -0.990. The molecule has 0 spiro atoms. The van der Waals surface area contributed by atoms with E-state index in [4.69, 9.17) is 0 Å². The molecule has 0 amide bonds. The van der Waals surface area contributed by atoms with Gasteiger partial charge in [0.15, 0.2) is 0 Å². The molecule has 0 radical (unpaired) electrons. The smallest absolute Gasteiger partial charge is 0.133 e. The van der Waals surface area contributed by atoms with E-state index >= 15 is 0 Å². The van der Waals surface area contributed by atoms with E-state index in [0.29, 0.717) is 6.42 Å². The number of para-hydroxylation sites is 1. The molecule has 20 heavy (non-hydrogen) atoms. The number of benzene rings is 1. The van der Waals surface area contributed by atoms with Crippen LogP contribution in [-0.2, 0) is 26.3 Å². The zero-order valence-corrected chi connectivity index (χ0v) is 12.0. The quantitative estimate of drug-likeness (QED) is 0.927. The van der Waals surface area contributed by atoms with Crippen LogP contribution in [0.2, 0.25) is 0 Å². The van der Waals surface area contributed by atoms with Crippen molar-refractivity contribution in [2.45, 2.75) is 32.4 Å². The first-order valence-electron chi connectivity index (χ1n) is 7.20. The Morgan fingerprint density at radius 1 is 1.45 bits per heavy atom. The Labute approximate surface area is 118 Å². The number of halogens is 1. The third kappa shape index (κ3) is 2.30.